The molecule has 2 amide bonds. The van der Waals surface area contributed by atoms with Crippen molar-refractivity contribution in [1.82, 2.24) is 10.2 Å². The Hall–Kier alpha value is -1.10. The maximum Gasteiger partial charge on any atom is 0.234 e. The summed E-state index contributed by atoms with van der Waals surface area (Å²) in [6.07, 6.45) is 3.17. The number of likely N-dealkylation sites (tertiary alicyclic amines) is 1. The van der Waals surface area contributed by atoms with Crippen LogP contribution < -0.4 is 11.1 Å². The fourth-order valence-corrected chi connectivity index (χ4v) is 2.77. The zero-order valence-electron chi connectivity index (χ0n) is 12.3. The average molecular weight is 269 g/mol. The predicted molar refractivity (Wildman–Crippen MR) is 75.5 cm³/mol. The highest BCUT2D eigenvalue weighted by Gasteiger charge is 2.31. The van der Waals surface area contributed by atoms with Gasteiger partial charge in [-0.15, -0.1) is 0 Å². The number of nitrogens with two attached hydrogens (primary N) is 1. The van der Waals surface area contributed by atoms with Gasteiger partial charge in [0.2, 0.25) is 11.8 Å². The molecule has 110 valence electrons. The molecule has 3 N–H and O–H groups in total. The van der Waals surface area contributed by atoms with Gasteiger partial charge in [0.1, 0.15) is 0 Å². The Kier molecular flexibility index (Phi) is 6.28. The summed E-state index contributed by atoms with van der Waals surface area (Å²) in [5.41, 5.74) is 5.38. The van der Waals surface area contributed by atoms with Crippen LogP contribution in [-0.4, -0.2) is 41.9 Å². The van der Waals surface area contributed by atoms with Crippen LogP contribution in [0.2, 0.25) is 0 Å². The molecule has 0 aromatic carbocycles. The first-order valence-corrected chi connectivity index (χ1v) is 7.36. The van der Waals surface area contributed by atoms with Crippen LogP contribution in [0.25, 0.3) is 0 Å². The van der Waals surface area contributed by atoms with Crippen LogP contribution in [0, 0.1) is 5.92 Å². The monoisotopic (exact) mass is 269 g/mol. The minimum absolute atomic E-state index is 0.221. The molecule has 0 radical (unpaired) electrons. The fraction of sp³-hybridized carbons (Fsp3) is 0.857. The first kappa shape index (κ1) is 16.0. The quantitative estimate of drug-likeness (QED) is 0.751. The van der Waals surface area contributed by atoms with Crippen molar-refractivity contribution >= 4 is 11.8 Å². The van der Waals surface area contributed by atoms with Gasteiger partial charge in [-0.3, -0.25) is 9.59 Å². The van der Waals surface area contributed by atoms with Crippen LogP contribution in [0.3, 0.4) is 0 Å². The minimum atomic E-state index is -0.288. The third-order valence-electron chi connectivity index (χ3n) is 4.08. The van der Waals surface area contributed by atoms with Crippen molar-refractivity contribution in [2.45, 2.75) is 58.5 Å². The molecule has 19 heavy (non-hydrogen) atoms. The van der Waals surface area contributed by atoms with Crippen molar-refractivity contribution in [2.24, 2.45) is 11.7 Å². The molecule has 0 bridgehead atoms. The van der Waals surface area contributed by atoms with Gasteiger partial charge in [-0.05, 0) is 18.8 Å². The Morgan fingerprint density at radius 1 is 1.37 bits per heavy atom. The van der Waals surface area contributed by atoms with Gasteiger partial charge in [0, 0.05) is 25.6 Å². The van der Waals surface area contributed by atoms with Gasteiger partial charge < -0.3 is 16.0 Å². The first-order valence-electron chi connectivity index (χ1n) is 7.36. The number of nitrogens with zero attached hydrogens (tertiary/aromatic N) is 1. The van der Waals surface area contributed by atoms with Gasteiger partial charge >= 0.3 is 0 Å². The molecular formula is C14H27N3O2. The average Bonchev–Trinajstić information content (AvgIpc) is 2.43. The molecule has 1 aliphatic rings. The standard InChI is InChI=1S/C14H27N3O2/c1-4-10-9-17(13(18)6-3)8-7-12(10)16-11(5-2)14(15)19/h10-12,16H,4-9H2,1-3H3,(H2,15,19)/t10-,11+,12+/m1/s1. The molecule has 0 aromatic rings. The van der Waals surface area contributed by atoms with E-state index in [1.54, 1.807) is 0 Å². The van der Waals surface area contributed by atoms with E-state index in [0.717, 1.165) is 25.9 Å². The second kappa shape index (κ2) is 7.48. The molecule has 0 unspecified atom stereocenters. The Labute approximate surface area is 115 Å². The third kappa shape index (κ3) is 4.20. The molecule has 1 rings (SSSR count). The van der Waals surface area contributed by atoms with Gasteiger partial charge in [0.05, 0.1) is 6.04 Å². The van der Waals surface area contributed by atoms with Crippen LogP contribution in [0.1, 0.15) is 46.5 Å². The van der Waals surface area contributed by atoms with Crippen LogP contribution >= 0.6 is 0 Å². The molecule has 0 spiro atoms. The lowest BCUT2D eigenvalue weighted by atomic mass is 9.89. The van der Waals surface area contributed by atoms with E-state index < -0.39 is 0 Å². The summed E-state index contributed by atoms with van der Waals surface area (Å²) in [6.45, 7) is 7.55. The number of amides is 2. The summed E-state index contributed by atoms with van der Waals surface area (Å²) in [6, 6.07) is 0.0239. The maximum atomic E-state index is 11.8. The molecule has 3 atom stereocenters. The highest BCUT2D eigenvalue weighted by atomic mass is 16.2. The highest BCUT2D eigenvalue weighted by Crippen LogP contribution is 2.21. The Bertz CT molecular complexity index is 320. The molecule has 1 aliphatic heterocycles. The number of hydrogen-bond acceptors (Lipinski definition) is 3. The fourth-order valence-electron chi connectivity index (χ4n) is 2.77. The van der Waals surface area contributed by atoms with Crippen LogP contribution in [0.5, 0.6) is 0 Å². The lowest BCUT2D eigenvalue weighted by Crippen LogP contribution is -2.55. The van der Waals surface area contributed by atoms with Crippen LogP contribution in [0.4, 0.5) is 0 Å². The van der Waals surface area contributed by atoms with E-state index in [-0.39, 0.29) is 23.9 Å². The molecule has 0 aromatic heterocycles. The van der Waals surface area contributed by atoms with Crippen molar-refractivity contribution < 1.29 is 9.59 Å². The number of piperidine rings is 1. The second-order valence-electron chi connectivity index (χ2n) is 5.29. The molecule has 1 fully saturated rings. The predicted octanol–water partition coefficient (Wildman–Crippen LogP) is 0.877. The molecule has 1 heterocycles. The second-order valence-corrected chi connectivity index (χ2v) is 5.29. The van der Waals surface area contributed by atoms with E-state index in [9.17, 15) is 9.59 Å². The van der Waals surface area contributed by atoms with E-state index in [2.05, 4.69) is 12.2 Å². The zero-order valence-corrected chi connectivity index (χ0v) is 12.3. The molecule has 0 aliphatic carbocycles. The van der Waals surface area contributed by atoms with Gasteiger partial charge in [-0.1, -0.05) is 27.2 Å². The minimum Gasteiger partial charge on any atom is -0.368 e. The van der Waals surface area contributed by atoms with E-state index in [1.165, 1.54) is 0 Å². The largest absolute Gasteiger partial charge is 0.368 e. The Balaban J connectivity index is 2.61. The number of carbonyl (C=O) groups excluding carboxylic acids is 2. The van der Waals surface area contributed by atoms with Crippen molar-refractivity contribution in [3.05, 3.63) is 0 Å². The Morgan fingerprint density at radius 3 is 2.53 bits per heavy atom. The number of primary amides is 1. The lowest BCUT2D eigenvalue weighted by molar-refractivity contribution is -0.133. The molecule has 0 saturated carbocycles. The van der Waals surface area contributed by atoms with Crippen molar-refractivity contribution in [3.8, 4) is 0 Å². The lowest BCUT2D eigenvalue weighted by Gasteiger charge is -2.40. The van der Waals surface area contributed by atoms with E-state index >= 15 is 0 Å². The van der Waals surface area contributed by atoms with Crippen molar-refractivity contribution in [3.63, 3.8) is 0 Å². The first-order chi connectivity index (χ1) is 9.03. The van der Waals surface area contributed by atoms with Crippen molar-refractivity contribution in [2.75, 3.05) is 13.1 Å². The van der Waals surface area contributed by atoms with Gasteiger partial charge in [-0.25, -0.2) is 0 Å². The van der Waals surface area contributed by atoms with Gasteiger partial charge in [-0.2, -0.15) is 0 Å². The maximum absolute atomic E-state index is 11.8. The van der Waals surface area contributed by atoms with E-state index in [0.29, 0.717) is 18.8 Å². The van der Waals surface area contributed by atoms with Crippen LogP contribution in [-0.2, 0) is 9.59 Å². The van der Waals surface area contributed by atoms with E-state index in [4.69, 9.17) is 5.73 Å². The Morgan fingerprint density at radius 2 is 2.05 bits per heavy atom. The van der Waals surface area contributed by atoms with Gasteiger partial charge in [0.25, 0.3) is 0 Å². The molecular weight excluding hydrogens is 242 g/mol. The topological polar surface area (TPSA) is 75.4 Å². The summed E-state index contributed by atoms with van der Waals surface area (Å²) >= 11 is 0. The summed E-state index contributed by atoms with van der Waals surface area (Å²) in [4.78, 5) is 25.0. The summed E-state index contributed by atoms with van der Waals surface area (Å²) in [5.74, 6) is 0.334. The highest BCUT2D eigenvalue weighted by molar-refractivity contribution is 5.79. The molecule has 5 nitrogen and oxygen atoms in total. The van der Waals surface area contributed by atoms with Crippen molar-refractivity contribution in [1.29, 1.82) is 0 Å². The number of rotatable bonds is 6. The number of nitrogens with one attached hydrogen (secondary N) is 1. The third-order valence-corrected chi connectivity index (χ3v) is 4.08. The number of hydrogen-bond donors (Lipinski definition) is 2. The van der Waals surface area contributed by atoms with Gasteiger partial charge in [0.15, 0.2) is 0 Å². The smallest absolute Gasteiger partial charge is 0.234 e. The summed E-state index contributed by atoms with van der Waals surface area (Å²) in [7, 11) is 0. The molecule has 5 heteroatoms. The number of carbonyl (C=O) groups is 2. The summed E-state index contributed by atoms with van der Waals surface area (Å²) < 4.78 is 0. The van der Waals surface area contributed by atoms with Crippen LogP contribution in [0.15, 0.2) is 0 Å². The normalized spacial score (nSPS) is 25.1. The molecule has 1 saturated heterocycles. The summed E-state index contributed by atoms with van der Waals surface area (Å²) in [5, 5.41) is 3.37. The van der Waals surface area contributed by atoms with E-state index in [1.807, 2.05) is 18.7 Å². The zero-order chi connectivity index (χ0) is 14.4. The SMILES string of the molecule is CCC(=O)N1CC[C@H](N[C@@H](CC)C(N)=O)[C@H](CC)C1.